The van der Waals surface area contributed by atoms with Crippen molar-refractivity contribution < 1.29 is 9.18 Å². The van der Waals surface area contributed by atoms with Gasteiger partial charge in [0.25, 0.3) is 0 Å². The smallest absolute Gasteiger partial charge is 0.225 e. The lowest BCUT2D eigenvalue weighted by Crippen LogP contribution is -2.40. The van der Waals surface area contributed by atoms with Gasteiger partial charge in [0.1, 0.15) is 5.82 Å². The lowest BCUT2D eigenvalue weighted by atomic mass is 9.92. The lowest BCUT2D eigenvalue weighted by Gasteiger charge is -2.34. The van der Waals surface area contributed by atoms with Crippen LogP contribution in [0.1, 0.15) is 26.7 Å². The van der Waals surface area contributed by atoms with E-state index in [2.05, 4.69) is 24.1 Å². The molecule has 110 valence electrons. The van der Waals surface area contributed by atoms with E-state index in [9.17, 15) is 9.18 Å². The van der Waals surface area contributed by atoms with Crippen LogP contribution in [0.5, 0.6) is 0 Å². The van der Waals surface area contributed by atoms with Gasteiger partial charge in [-0.15, -0.1) is 0 Å². The Morgan fingerprint density at radius 1 is 1.25 bits per heavy atom. The first-order valence-corrected chi connectivity index (χ1v) is 7.30. The van der Waals surface area contributed by atoms with E-state index in [1.54, 1.807) is 12.1 Å². The summed E-state index contributed by atoms with van der Waals surface area (Å²) in [5.74, 6) is 1.11. The van der Waals surface area contributed by atoms with E-state index in [1.807, 2.05) is 0 Å². The van der Waals surface area contributed by atoms with Crippen LogP contribution < -0.4 is 5.32 Å². The van der Waals surface area contributed by atoms with Crippen LogP contribution in [0.15, 0.2) is 24.3 Å². The molecule has 2 unspecified atom stereocenters. The predicted octanol–water partition coefficient (Wildman–Crippen LogP) is 3.13. The van der Waals surface area contributed by atoms with Crippen molar-refractivity contribution in [3.05, 3.63) is 30.1 Å². The number of carbonyl (C=O) groups is 1. The molecule has 1 N–H and O–H groups in total. The number of anilines is 1. The average Bonchev–Trinajstić information content (AvgIpc) is 2.38. The van der Waals surface area contributed by atoms with Crippen LogP contribution in [0.2, 0.25) is 0 Å². The molecule has 1 heterocycles. The molecule has 0 bridgehead atoms. The summed E-state index contributed by atoms with van der Waals surface area (Å²) in [6.45, 7) is 7.48. The van der Waals surface area contributed by atoms with E-state index >= 15 is 0 Å². The monoisotopic (exact) mass is 278 g/mol. The minimum atomic E-state index is -0.292. The number of halogens is 1. The number of likely N-dealkylation sites (tertiary alicyclic amines) is 1. The first-order valence-electron chi connectivity index (χ1n) is 7.30. The van der Waals surface area contributed by atoms with Crippen LogP contribution in [-0.4, -0.2) is 30.4 Å². The molecule has 1 saturated heterocycles. The zero-order valence-electron chi connectivity index (χ0n) is 12.2. The van der Waals surface area contributed by atoms with Gasteiger partial charge in [0.2, 0.25) is 5.91 Å². The van der Waals surface area contributed by atoms with Crippen molar-refractivity contribution in [2.24, 2.45) is 11.8 Å². The summed E-state index contributed by atoms with van der Waals surface area (Å²) in [7, 11) is 0. The van der Waals surface area contributed by atoms with Crippen LogP contribution in [0.25, 0.3) is 0 Å². The van der Waals surface area contributed by atoms with Crippen molar-refractivity contribution in [3.8, 4) is 0 Å². The molecule has 0 saturated carbocycles. The summed E-state index contributed by atoms with van der Waals surface area (Å²) in [5.41, 5.74) is 0.650. The van der Waals surface area contributed by atoms with E-state index in [1.165, 1.54) is 18.6 Å². The number of hydrogen-bond donors (Lipinski definition) is 1. The molecule has 1 aliphatic rings. The molecule has 2 rings (SSSR count). The number of amides is 1. The molecule has 20 heavy (non-hydrogen) atoms. The van der Waals surface area contributed by atoms with Crippen LogP contribution in [0, 0.1) is 17.7 Å². The van der Waals surface area contributed by atoms with Gasteiger partial charge in [0.05, 0.1) is 0 Å². The fraction of sp³-hybridized carbons (Fsp3) is 0.562. The largest absolute Gasteiger partial charge is 0.326 e. The number of nitrogens with one attached hydrogen (secondary N) is 1. The normalized spacial score (nSPS) is 23.6. The molecule has 1 aromatic carbocycles. The zero-order chi connectivity index (χ0) is 14.5. The van der Waals surface area contributed by atoms with Gasteiger partial charge in [0, 0.05) is 31.7 Å². The number of nitrogens with zero attached hydrogens (tertiary/aromatic N) is 1. The minimum Gasteiger partial charge on any atom is -0.326 e. The summed E-state index contributed by atoms with van der Waals surface area (Å²) in [6.07, 6.45) is 1.76. The van der Waals surface area contributed by atoms with Gasteiger partial charge < -0.3 is 10.2 Å². The molecular formula is C16H23FN2O. The second-order valence-corrected chi connectivity index (χ2v) is 6.01. The van der Waals surface area contributed by atoms with E-state index in [4.69, 9.17) is 0 Å². The summed E-state index contributed by atoms with van der Waals surface area (Å²) >= 11 is 0. The molecule has 2 atom stereocenters. The quantitative estimate of drug-likeness (QED) is 0.917. The SMILES string of the molecule is CC1CC(C)CN(CCC(=O)Nc2ccc(F)cc2)C1. The summed E-state index contributed by atoms with van der Waals surface area (Å²) in [4.78, 5) is 14.2. The maximum atomic E-state index is 12.8. The highest BCUT2D eigenvalue weighted by atomic mass is 19.1. The Labute approximate surface area is 120 Å². The number of carbonyl (C=O) groups excluding carboxylic acids is 1. The summed E-state index contributed by atoms with van der Waals surface area (Å²) < 4.78 is 12.8. The van der Waals surface area contributed by atoms with Crippen LogP contribution >= 0.6 is 0 Å². The zero-order valence-corrected chi connectivity index (χ0v) is 12.2. The third-order valence-corrected chi connectivity index (χ3v) is 3.73. The summed E-state index contributed by atoms with van der Waals surface area (Å²) in [6, 6.07) is 5.86. The standard InChI is InChI=1S/C16H23FN2O/c1-12-9-13(2)11-19(10-12)8-7-16(20)18-15-5-3-14(17)4-6-15/h3-6,12-13H,7-11H2,1-2H3,(H,18,20). The molecule has 1 fully saturated rings. The van der Waals surface area contributed by atoms with Crippen molar-refractivity contribution in [1.29, 1.82) is 0 Å². The molecule has 3 nitrogen and oxygen atoms in total. The van der Waals surface area contributed by atoms with E-state index in [0.29, 0.717) is 23.9 Å². The fourth-order valence-corrected chi connectivity index (χ4v) is 2.99. The second kappa shape index (κ2) is 6.84. The molecule has 0 aromatic heterocycles. The Morgan fingerprint density at radius 3 is 2.45 bits per heavy atom. The maximum absolute atomic E-state index is 12.8. The van der Waals surface area contributed by atoms with Gasteiger partial charge in [-0.1, -0.05) is 13.8 Å². The highest BCUT2D eigenvalue weighted by molar-refractivity contribution is 5.90. The maximum Gasteiger partial charge on any atom is 0.225 e. The third kappa shape index (κ3) is 4.60. The predicted molar refractivity (Wildman–Crippen MR) is 79.0 cm³/mol. The van der Waals surface area contributed by atoms with Crippen LogP contribution in [-0.2, 0) is 4.79 Å². The molecule has 1 amide bonds. The molecule has 4 heteroatoms. The Balaban J connectivity index is 1.76. The molecule has 0 radical (unpaired) electrons. The lowest BCUT2D eigenvalue weighted by molar-refractivity contribution is -0.116. The molecular weight excluding hydrogens is 255 g/mol. The Bertz CT molecular complexity index is 436. The first kappa shape index (κ1) is 15.0. The number of hydrogen-bond acceptors (Lipinski definition) is 2. The van der Waals surface area contributed by atoms with Gasteiger partial charge in [-0.05, 0) is 42.5 Å². The van der Waals surface area contributed by atoms with Gasteiger partial charge in [0.15, 0.2) is 0 Å². The van der Waals surface area contributed by atoms with Crippen LogP contribution in [0.4, 0.5) is 10.1 Å². The average molecular weight is 278 g/mol. The highest BCUT2D eigenvalue weighted by Gasteiger charge is 2.21. The van der Waals surface area contributed by atoms with Gasteiger partial charge in [-0.3, -0.25) is 4.79 Å². The Morgan fingerprint density at radius 2 is 1.85 bits per heavy atom. The molecule has 1 aromatic rings. The van der Waals surface area contributed by atoms with Crippen molar-refractivity contribution >= 4 is 11.6 Å². The third-order valence-electron chi connectivity index (χ3n) is 3.73. The fourth-order valence-electron chi connectivity index (χ4n) is 2.99. The molecule has 1 aliphatic heterocycles. The van der Waals surface area contributed by atoms with Crippen molar-refractivity contribution in [2.45, 2.75) is 26.7 Å². The van der Waals surface area contributed by atoms with Crippen molar-refractivity contribution in [1.82, 2.24) is 4.90 Å². The number of piperidine rings is 1. The van der Waals surface area contributed by atoms with Gasteiger partial charge in [-0.25, -0.2) is 4.39 Å². The van der Waals surface area contributed by atoms with Gasteiger partial charge >= 0.3 is 0 Å². The number of rotatable bonds is 4. The topological polar surface area (TPSA) is 32.3 Å². The minimum absolute atomic E-state index is 0.0116. The van der Waals surface area contributed by atoms with E-state index in [-0.39, 0.29) is 11.7 Å². The second-order valence-electron chi connectivity index (χ2n) is 6.01. The van der Waals surface area contributed by atoms with Crippen molar-refractivity contribution in [3.63, 3.8) is 0 Å². The van der Waals surface area contributed by atoms with Crippen molar-refractivity contribution in [2.75, 3.05) is 25.0 Å². The number of benzene rings is 1. The van der Waals surface area contributed by atoms with Gasteiger partial charge in [-0.2, -0.15) is 0 Å². The van der Waals surface area contributed by atoms with E-state index < -0.39 is 0 Å². The molecule has 0 aliphatic carbocycles. The van der Waals surface area contributed by atoms with Crippen LogP contribution in [0.3, 0.4) is 0 Å². The van der Waals surface area contributed by atoms with E-state index in [0.717, 1.165) is 19.6 Å². The Hall–Kier alpha value is -1.42. The summed E-state index contributed by atoms with van der Waals surface area (Å²) in [5, 5.41) is 2.80. The first-order chi connectivity index (χ1) is 9.52. The Kier molecular flexibility index (Phi) is 5.12. The molecule has 0 spiro atoms. The highest BCUT2D eigenvalue weighted by Crippen LogP contribution is 2.20.